The van der Waals surface area contributed by atoms with Crippen molar-refractivity contribution in [2.75, 3.05) is 5.73 Å². The number of nitrogens with two attached hydrogens (primary N) is 1. The number of hydrogen-bond donors (Lipinski definition) is 2. The third-order valence-electron chi connectivity index (χ3n) is 2.34. The first-order valence-electron chi connectivity index (χ1n) is 4.66. The van der Waals surface area contributed by atoms with Crippen LogP contribution in [0.1, 0.15) is 16.7 Å². The predicted molar refractivity (Wildman–Crippen MR) is 60.2 cm³/mol. The second kappa shape index (κ2) is 3.61. The van der Waals surface area contributed by atoms with Crippen molar-refractivity contribution in [3.05, 3.63) is 53.5 Å². The standard InChI is InChI=1S/C12H12N2O/c1-8-2-3-10(13)6-11(8)12(14)9-4-5-15-7-9/h2-7,14H,13H2,1H3. The summed E-state index contributed by atoms with van der Waals surface area (Å²) in [7, 11) is 0. The first kappa shape index (κ1) is 9.52. The van der Waals surface area contributed by atoms with Gasteiger partial charge in [-0.15, -0.1) is 0 Å². The maximum Gasteiger partial charge on any atom is 0.0996 e. The third-order valence-corrected chi connectivity index (χ3v) is 2.34. The Bertz CT molecular complexity index is 486. The maximum absolute atomic E-state index is 8.01. The van der Waals surface area contributed by atoms with Crippen LogP contribution in [0.3, 0.4) is 0 Å². The average molecular weight is 200 g/mol. The minimum atomic E-state index is 0.438. The summed E-state index contributed by atoms with van der Waals surface area (Å²) >= 11 is 0. The van der Waals surface area contributed by atoms with Gasteiger partial charge in [0, 0.05) is 16.8 Å². The molecule has 0 radical (unpaired) electrons. The fraction of sp³-hybridized carbons (Fsp3) is 0.0833. The Morgan fingerprint density at radius 2 is 2.13 bits per heavy atom. The van der Waals surface area contributed by atoms with Crippen LogP contribution in [0, 0.1) is 12.3 Å². The fourth-order valence-electron chi connectivity index (χ4n) is 1.47. The number of nitrogens with one attached hydrogen (secondary N) is 1. The summed E-state index contributed by atoms with van der Waals surface area (Å²) in [5, 5.41) is 8.01. The molecule has 3 N–H and O–H groups in total. The van der Waals surface area contributed by atoms with Gasteiger partial charge in [0.15, 0.2) is 0 Å². The van der Waals surface area contributed by atoms with Crippen LogP contribution in [-0.4, -0.2) is 5.71 Å². The minimum absolute atomic E-state index is 0.438. The van der Waals surface area contributed by atoms with E-state index in [1.165, 1.54) is 0 Å². The Morgan fingerprint density at radius 3 is 2.80 bits per heavy atom. The second-order valence-corrected chi connectivity index (χ2v) is 3.46. The van der Waals surface area contributed by atoms with Crippen LogP contribution in [0.5, 0.6) is 0 Å². The minimum Gasteiger partial charge on any atom is -0.472 e. The molecule has 1 heterocycles. The van der Waals surface area contributed by atoms with Gasteiger partial charge in [0.1, 0.15) is 0 Å². The van der Waals surface area contributed by atoms with Crippen LogP contribution < -0.4 is 5.73 Å². The summed E-state index contributed by atoms with van der Waals surface area (Å²) < 4.78 is 4.96. The fourth-order valence-corrected chi connectivity index (χ4v) is 1.47. The zero-order chi connectivity index (χ0) is 10.8. The van der Waals surface area contributed by atoms with Crippen molar-refractivity contribution in [1.82, 2.24) is 0 Å². The lowest BCUT2D eigenvalue weighted by Crippen LogP contribution is -2.03. The number of nitrogen functional groups attached to an aromatic ring is 1. The van der Waals surface area contributed by atoms with Gasteiger partial charge >= 0.3 is 0 Å². The van der Waals surface area contributed by atoms with Crippen LogP contribution >= 0.6 is 0 Å². The molecule has 0 saturated carbocycles. The Hall–Kier alpha value is -2.03. The molecule has 1 aromatic heterocycles. The highest BCUT2D eigenvalue weighted by atomic mass is 16.3. The molecule has 0 atom stereocenters. The van der Waals surface area contributed by atoms with Crippen molar-refractivity contribution in [3.63, 3.8) is 0 Å². The Morgan fingerprint density at radius 1 is 1.33 bits per heavy atom. The van der Waals surface area contributed by atoms with E-state index in [0.717, 1.165) is 16.7 Å². The van der Waals surface area contributed by atoms with E-state index in [0.29, 0.717) is 11.4 Å². The van der Waals surface area contributed by atoms with E-state index in [1.54, 1.807) is 18.6 Å². The normalized spacial score (nSPS) is 10.2. The lowest BCUT2D eigenvalue weighted by atomic mass is 10.00. The number of aryl methyl sites for hydroxylation is 1. The van der Waals surface area contributed by atoms with E-state index in [2.05, 4.69) is 0 Å². The van der Waals surface area contributed by atoms with Gasteiger partial charge in [-0.2, -0.15) is 0 Å². The zero-order valence-corrected chi connectivity index (χ0v) is 8.45. The van der Waals surface area contributed by atoms with Crippen molar-refractivity contribution in [1.29, 1.82) is 5.41 Å². The number of furan rings is 1. The van der Waals surface area contributed by atoms with Crippen LogP contribution in [0.15, 0.2) is 41.2 Å². The molecular weight excluding hydrogens is 188 g/mol. The van der Waals surface area contributed by atoms with E-state index in [9.17, 15) is 0 Å². The van der Waals surface area contributed by atoms with Gasteiger partial charge in [-0.1, -0.05) is 6.07 Å². The molecule has 0 unspecified atom stereocenters. The first-order chi connectivity index (χ1) is 7.18. The number of rotatable bonds is 2. The molecule has 0 amide bonds. The quantitative estimate of drug-likeness (QED) is 0.578. The zero-order valence-electron chi connectivity index (χ0n) is 8.45. The van der Waals surface area contributed by atoms with E-state index in [-0.39, 0.29) is 0 Å². The molecule has 0 aliphatic carbocycles. The van der Waals surface area contributed by atoms with Crippen molar-refractivity contribution in [2.45, 2.75) is 6.92 Å². The summed E-state index contributed by atoms with van der Waals surface area (Å²) in [5.41, 5.74) is 9.46. The van der Waals surface area contributed by atoms with Crippen LogP contribution in [0.4, 0.5) is 5.69 Å². The van der Waals surface area contributed by atoms with Gasteiger partial charge in [-0.3, -0.25) is 5.41 Å². The SMILES string of the molecule is Cc1ccc(N)cc1C(=N)c1ccoc1. The van der Waals surface area contributed by atoms with E-state index < -0.39 is 0 Å². The van der Waals surface area contributed by atoms with Gasteiger partial charge in [-0.25, -0.2) is 0 Å². The van der Waals surface area contributed by atoms with Gasteiger partial charge in [0.25, 0.3) is 0 Å². The molecule has 76 valence electrons. The Kier molecular flexibility index (Phi) is 2.29. The third kappa shape index (κ3) is 1.76. The van der Waals surface area contributed by atoms with Gasteiger partial charge in [0.2, 0.25) is 0 Å². The molecule has 0 saturated heterocycles. The number of anilines is 1. The smallest absolute Gasteiger partial charge is 0.0996 e. The molecule has 0 aliphatic rings. The Balaban J connectivity index is 2.46. The maximum atomic E-state index is 8.01. The van der Waals surface area contributed by atoms with E-state index in [1.807, 2.05) is 25.1 Å². The predicted octanol–water partition coefficient (Wildman–Crippen LogP) is 2.59. The van der Waals surface area contributed by atoms with Gasteiger partial charge in [0.05, 0.1) is 18.2 Å². The second-order valence-electron chi connectivity index (χ2n) is 3.46. The summed E-state index contributed by atoms with van der Waals surface area (Å²) in [6.07, 6.45) is 3.12. The monoisotopic (exact) mass is 200 g/mol. The van der Waals surface area contributed by atoms with Crippen molar-refractivity contribution >= 4 is 11.4 Å². The van der Waals surface area contributed by atoms with Crippen LogP contribution in [0.2, 0.25) is 0 Å². The van der Waals surface area contributed by atoms with Crippen molar-refractivity contribution in [3.8, 4) is 0 Å². The molecule has 0 spiro atoms. The lowest BCUT2D eigenvalue weighted by Gasteiger charge is -2.06. The molecule has 3 nitrogen and oxygen atoms in total. The number of hydrogen-bond acceptors (Lipinski definition) is 3. The molecule has 1 aromatic carbocycles. The molecule has 0 fully saturated rings. The molecule has 15 heavy (non-hydrogen) atoms. The number of benzene rings is 1. The van der Waals surface area contributed by atoms with Crippen molar-refractivity contribution in [2.24, 2.45) is 0 Å². The highest BCUT2D eigenvalue weighted by Gasteiger charge is 2.08. The highest BCUT2D eigenvalue weighted by molar-refractivity contribution is 6.11. The average Bonchev–Trinajstić information content (AvgIpc) is 2.74. The summed E-state index contributed by atoms with van der Waals surface area (Å²) in [5.74, 6) is 0. The highest BCUT2D eigenvalue weighted by Crippen LogP contribution is 2.17. The van der Waals surface area contributed by atoms with Gasteiger partial charge < -0.3 is 10.2 Å². The Labute approximate surface area is 88.0 Å². The largest absolute Gasteiger partial charge is 0.472 e. The summed E-state index contributed by atoms with van der Waals surface area (Å²) in [4.78, 5) is 0. The summed E-state index contributed by atoms with van der Waals surface area (Å²) in [6, 6.07) is 7.33. The molecule has 3 heteroatoms. The summed E-state index contributed by atoms with van der Waals surface area (Å²) in [6.45, 7) is 1.96. The van der Waals surface area contributed by atoms with Crippen LogP contribution in [-0.2, 0) is 0 Å². The molecule has 0 aliphatic heterocycles. The first-order valence-corrected chi connectivity index (χ1v) is 4.66. The molecular formula is C12H12N2O. The topological polar surface area (TPSA) is 63.0 Å². The molecule has 2 aromatic rings. The van der Waals surface area contributed by atoms with Gasteiger partial charge in [-0.05, 0) is 30.7 Å². The van der Waals surface area contributed by atoms with Crippen molar-refractivity contribution < 1.29 is 4.42 Å². The van der Waals surface area contributed by atoms with Crippen LogP contribution in [0.25, 0.3) is 0 Å². The van der Waals surface area contributed by atoms with E-state index >= 15 is 0 Å². The molecule has 2 rings (SSSR count). The molecule has 0 bridgehead atoms. The van der Waals surface area contributed by atoms with E-state index in [4.69, 9.17) is 15.6 Å². The lowest BCUT2D eigenvalue weighted by molar-refractivity contribution is 0.567.